The average Bonchev–Trinajstić information content (AvgIpc) is 2.88. The topological polar surface area (TPSA) is 56.8 Å². The highest BCUT2D eigenvalue weighted by Crippen LogP contribution is 2.27. The molecule has 0 atom stereocenters. The Kier molecular flexibility index (Phi) is 8.60. The zero-order valence-corrected chi connectivity index (χ0v) is 15.5. The fourth-order valence-corrected chi connectivity index (χ4v) is 3.06. The molecule has 0 spiro atoms. The van der Waals surface area contributed by atoms with Crippen molar-refractivity contribution in [3.05, 3.63) is 23.8 Å². The molecule has 1 aliphatic carbocycles. The van der Waals surface area contributed by atoms with E-state index in [2.05, 4.69) is 5.32 Å². The Morgan fingerprint density at radius 2 is 1.88 bits per heavy atom. The van der Waals surface area contributed by atoms with Crippen LogP contribution in [0.5, 0.6) is 11.5 Å². The molecular formula is C20H31NO4. The first-order chi connectivity index (χ1) is 12.2. The quantitative estimate of drug-likeness (QED) is 0.546. The molecule has 0 aliphatic heterocycles. The Labute approximate surface area is 151 Å². The van der Waals surface area contributed by atoms with Crippen LogP contribution in [-0.2, 0) is 9.53 Å². The molecule has 0 aromatic heterocycles. The number of hydrogen-bond acceptors (Lipinski definition) is 4. The van der Waals surface area contributed by atoms with E-state index in [1.807, 2.05) is 25.1 Å². The van der Waals surface area contributed by atoms with Crippen LogP contribution in [0.4, 0.5) is 0 Å². The first kappa shape index (κ1) is 19.6. The predicted octanol–water partition coefficient (Wildman–Crippen LogP) is 3.63. The van der Waals surface area contributed by atoms with Crippen molar-refractivity contribution >= 4 is 5.91 Å². The maximum Gasteiger partial charge on any atom is 0.223 e. The van der Waals surface area contributed by atoms with Crippen molar-refractivity contribution in [2.75, 3.05) is 26.9 Å². The van der Waals surface area contributed by atoms with E-state index in [-0.39, 0.29) is 5.91 Å². The summed E-state index contributed by atoms with van der Waals surface area (Å²) in [6.07, 6.45) is 8.16. The Hall–Kier alpha value is -1.75. The minimum absolute atomic E-state index is 0.0180. The third-order valence-electron chi connectivity index (χ3n) is 4.49. The SMILES string of the molecule is COc1cc(C)ccc1OCCC(=O)NCCOC1CCCCCC1. The lowest BCUT2D eigenvalue weighted by Gasteiger charge is -2.15. The van der Waals surface area contributed by atoms with Crippen LogP contribution in [-0.4, -0.2) is 38.9 Å². The molecule has 1 saturated carbocycles. The maximum atomic E-state index is 11.9. The molecule has 0 saturated heterocycles. The van der Waals surface area contributed by atoms with Gasteiger partial charge in [-0.15, -0.1) is 0 Å². The summed E-state index contributed by atoms with van der Waals surface area (Å²) < 4.78 is 16.8. The van der Waals surface area contributed by atoms with Gasteiger partial charge in [-0.25, -0.2) is 0 Å². The molecule has 5 nitrogen and oxygen atoms in total. The smallest absolute Gasteiger partial charge is 0.223 e. The molecule has 0 heterocycles. The lowest BCUT2D eigenvalue weighted by Crippen LogP contribution is -2.29. The molecule has 2 rings (SSSR count). The van der Waals surface area contributed by atoms with E-state index in [1.165, 1.54) is 25.7 Å². The third kappa shape index (κ3) is 7.34. The summed E-state index contributed by atoms with van der Waals surface area (Å²) >= 11 is 0. The van der Waals surface area contributed by atoms with Crippen LogP contribution in [0, 0.1) is 6.92 Å². The number of carbonyl (C=O) groups is 1. The van der Waals surface area contributed by atoms with Gasteiger partial charge in [0.05, 0.1) is 32.8 Å². The predicted molar refractivity (Wildman–Crippen MR) is 98.3 cm³/mol. The highest BCUT2D eigenvalue weighted by atomic mass is 16.5. The van der Waals surface area contributed by atoms with Crippen molar-refractivity contribution in [3.8, 4) is 11.5 Å². The standard InChI is InChI=1S/C20H31NO4/c1-16-9-10-18(19(15-16)23-2)25-13-11-20(22)21-12-14-24-17-7-5-3-4-6-8-17/h9-10,15,17H,3-8,11-14H2,1-2H3,(H,21,22). The summed E-state index contributed by atoms with van der Waals surface area (Å²) in [5, 5.41) is 2.89. The van der Waals surface area contributed by atoms with Gasteiger partial charge in [0.15, 0.2) is 11.5 Å². The van der Waals surface area contributed by atoms with Crippen molar-refractivity contribution < 1.29 is 19.0 Å². The van der Waals surface area contributed by atoms with Gasteiger partial charge in [0.25, 0.3) is 0 Å². The van der Waals surface area contributed by atoms with Gasteiger partial charge in [-0.3, -0.25) is 4.79 Å². The van der Waals surface area contributed by atoms with Crippen LogP contribution >= 0.6 is 0 Å². The molecule has 1 aliphatic rings. The van der Waals surface area contributed by atoms with Crippen molar-refractivity contribution in [3.63, 3.8) is 0 Å². The Morgan fingerprint density at radius 1 is 1.12 bits per heavy atom. The largest absolute Gasteiger partial charge is 0.493 e. The molecule has 1 amide bonds. The molecular weight excluding hydrogens is 318 g/mol. The number of carbonyl (C=O) groups excluding carboxylic acids is 1. The number of ether oxygens (including phenoxy) is 3. The summed E-state index contributed by atoms with van der Waals surface area (Å²) in [7, 11) is 1.61. The van der Waals surface area contributed by atoms with Crippen molar-refractivity contribution in [1.82, 2.24) is 5.32 Å². The van der Waals surface area contributed by atoms with E-state index in [0.717, 1.165) is 18.4 Å². The van der Waals surface area contributed by atoms with Crippen molar-refractivity contribution in [1.29, 1.82) is 0 Å². The minimum Gasteiger partial charge on any atom is -0.493 e. The lowest BCUT2D eigenvalue weighted by molar-refractivity contribution is -0.121. The number of hydrogen-bond donors (Lipinski definition) is 1. The van der Waals surface area contributed by atoms with E-state index in [9.17, 15) is 4.79 Å². The molecule has 0 unspecified atom stereocenters. The summed E-state index contributed by atoms with van der Waals surface area (Å²) in [6.45, 7) is 3.47. The Morgan fingerprint density at radius 3 is 2.60 bits per heavy atom. The first-order valence-electron chi connectivity index (χ1n) is 9.35. The number of nitrogens with one attached hydrogen (secondary N) is 1. The molecule has 0 bridgehead atoms. The number of methoxy groups -OCH3 is 1. The summed E-state index contributed by atoms with van der Waals surface area (Å²) in [6, 6.07) is 5.75. The highest BCUT2D eigenvalue weighted by molar-refractivity contribution is 5.75. The Balaban J connectivity index is 1.58. The molecule has 140 valence electrons. The normalized spacial score (nSPS) is 15.4. The van der Waals surface area contributed by atoms with Crippen molar-refractivity contribution in [2.45, 2.75) is 58.0 Å². The average molecular weight is 349 g/mol. The van der Waals surface area contributed by atoms with Crippen LogP contribution < -0.4 is 14.8 Å². The van der Waals surface area contributed by atoms with E-state index in [1.54, 1.807) is 7.11 Å². The van der Waals surface area contributed by atoms with Gasteiger partial charge in [0, 0.05) is 6.54 Å². The number of amides is 1. The van der Waals surface area contributed by atoms with Gasteiger partial charge in [0.2, 0.25) is 5.91 Å². The van der Waals surface area contributed by atoms with E-state index < -0.39 is 0 Å². The molecule has 1 aromatic rings. The molecule has 5 heteroatoms. The van der Waals surface area contributed by atoms with Gasteiger partial charge < -0.3 is 19.5 Å². The van der Waals surface area contributed by atoms with Crippen LogP contribution in [0.25, 0.3) is 0 Å². The van der Waals surface area contributed by atoms with Crippen LogP contribution in [0.15, 0.2) is 18.2 Å². The summed E-state index contributed by atoms with van der Waals surface area (Å²) in [5.74, 6) is 1.34. The number of aryl methyl sites for hydroxylation is 1. The van der Waals surface area contributed by atoms with Crippen LogP contribution in [0.1, 0.15) is 50.5 Å². The molecule has 1 fully saturated rings. The second-order valence-electron chi connectivity index (χ2n) is 6.59. The Bertz CT molecular complexity index is 524. The fraction of sp³-hybridized carbons (Fsp3) is 0.650. The zero-order valence-electron chi connectivity index (χ0n) is 15.5. The first-order valence-corrected chi connectivity index (χ1v) is 9.35. The minimum atomic E-state index is -0.0180. The van der Waals surface area contributed by atoms with Gasteiger partial charge in [0.1, 0.15) is 0 Å². The molecule has 0 radical (unpaired) electrons. The highest BCUT2D eigenvalue weighted by Gasteiger charge is 2.12. The van der Waals surface area contributed by atoms with Crippen LogP contribution in [0.2, 0.25) is 0 Å². The van der Waals surface area contributed by atoms with E-state index in [4.69, 9.17) is 14.2 Å². The van der Waals surface area contributed by atoms with E-state index in [0.29, 0.717) is 43.8 Å². The lowest BCUT2D eigenvalue weighted by atomic mass is 10.1. The van der Waals surface area contributed by atoms with Gasteiger partial charge in [-0.05, 0) is 37.5 Å². The molecule has 1 aromatic carbocycles. The second-order valence-corrected chi connectivity index (χ2v) is 6.59. The summed E-state index contributed by atoms with van der Waals surface area (Å²) in [5.41, 5.74) is 1.11. The monoisotopic (exact) mass is 349 g/mol. The third-order valence-corrected chi connectivity index (χ3v) is 4.49. The zero-order chi connectivity index (χ0) is 17.9. The van der Waals surface area contributed by atoms with Gasteiger partial charge >= 0.3 is 0 Å². The van der Waals surface area contributed by atoms with Gasteiger partial charge in [-0.2, -0.15) is 0 Å². The van der Waals surface area contributed by atoms with Gasteiger partial charge in [-0.1, -0.05) is 31.7 Å². The fourth-order valence-electron chi connectivity index (χ4n) is 3.06. The van der Waals surface area contributed by atoms with Crippen molar-refractivity contribution in [2.24, 2.45) is 0 Å². The number of benzene rings is 1. The summed E-state index contributed by atoms with van der Waals surface area (Å²) in [4.78, 5) is 11.9. The second kappa shape index (κ2) is 11.0. The molecule has 25 heavy (non-hydrogen) atoms. The maximum absolute atomic E-state index is 11.9. The van der Waals surface area contributed by atoms with E-state index >= 15 is 0 Å². The van der Waals surface area contributed by atoms with Crippen LogP contribution in [0.3, 0.4) is 0 Å². The molecule has 1 N–H and O–H groups in total. The number of rotatable bonds is 9.